The van der Waals surface area contributed by atoms with Crippen molar-refractivity contribution in [3.8, 4) is 0 Å². The summed E-state index contributed by atoms with van der Waals surface area (Å²) in [7, 11) is -3.30. The van der Waals surface area contributed by atoms with E-state index in [0.717, 1.165) is 45.9 Å². The number of carbonyl (C=O) groups is 4. The van der Waals surface area contributed by atoms with E-state index < -0.39 is 8.07 Å². The Balaban J connectivity index is 2.27. The minimum Gasteiger partial charge on any atom is -0.298 e. The molecule has 0 unspecified atom stereocenters. The fourth-order valence-electron chi connectivity index (χ4n) is 4.47. The van der Waals surface area contributed by atoms with E-state index in [1.165, 1.54) is 0 Å². The monoisotopic (exact) mass is 760 g/mol. The molecule has 184 valence electrons. The van der Waals surface area contributed by atoms with Crippen LogP contribution in [0.4, 0.5) is 0 Å². The normalized spacial score (nSPS) is 11.1. The van der Waals surface area contributed by atoms with E-state index in [0.29, 0.717) is 40.1 Å². The molecular formula is C28H16Br4O4Si. The Kier molecular flexibility index (Phi) is 8.70. The molecule has 4 nitrogen and oxygen atoms in total. The minimum absolute atomic E-state index is 0.461. The van der Waals surface area contributed by atoms with Crippen LogP contribution in [0.15, 0.2) is 90.7 Å². The second-order valence-corrected chi connectivity index (χ2v) is 15.4. The maximum Gasteiger partial charge on any atom is 0.179 e. The van der Waals surface area contributed by atoms with Crippen LogP contribution in [0.5, 0.6) is 0 Å². The summed E-state index contributed by atoms with van der Waals surface area (Å²) in [5.74, 6) is 0. The van der Waals surface area contributed by atoms with E-state index in [-0.39, 0.29) is 0 Å². The lowest BCUT2D eigenvalue weighted by molar-refractivity contribution is 0.111. The van der Waals surface area contributed by atoms with Crippen molar-refractivity contribution in [1.29, 1.82) is 0 Å². The SMILES string of the molecule is O=Cc1cc([Si](c2ccc(Br)c(C=O)c2)(c2ccc(Br)c(C=O)c2)c2ccc(Br)c(C=O)c2)ccc1Br. The van der Waals surface area contributed by atoms with Crippen molar-refractivity contribution in [3.63, 3.8) is 0 Å². The summed E-state index contributed by atoms with van der Waals surface area (Å²) in [5, 5.41) is 3.37. The highest BCUT2D eigenvalue weighted by Gasteiger charge is 2.42. The highest BCUT2D eigenvalue weighted by molar-refractivity contribution is 9.11. The Hall–Kier alpha value is -2.30. The zero-order chi connectivity index (χ0) is 26.7. The average Bonchev–Trinajstić information content (AvgIpc) is 2.92. The Morgan fingerprint density at radius 3 is 0.811 bits per heavy atom. The van der Waals surface area contributed by atoms with Gasteiger partial charge in [-0.05, 0) is 45.0 Å². The van der Waals surface area contributed by atoms with Crippen molar-refractivity contribution in [2.75, 3.05) is 0 Å². The first kappa shape index (κ1) is 27.7. The number of rotatable bonds is 8. The molecule has 0 aliphatic carbocycles. The van der Waals surface area contributed by atoms with Gasteiger partial charge in [0.2, 0.25) is 0 Å². The summed E-state index contributed by atoms with van der Waals surface area (Å²) in [6.45, 7) is 0. The molecule has 0 heterocycles. The molecule has 0 bridgehead atoms. The number of hydrogen-bond acceptors (Lipinski definition) is 4. The standard InChI is InChI=1S/C28H16Br4O4Si/c29-25-5-1-21(9-17(25)13-33)37(22-2-6-26(30)18(10-22)14-34,23-3-7-27(31)19(11-23)15-35)24-4-8-28(32)20(12-24)16-36/h1-16H. The van der Waals surface area contributed by atoms with Crippen LogP contribution in [-0.2, 0) is 0 Å². The highest BCUT2D eigenvalue weighted by atomic mass is 79.9. The van der Waals surface area contributed by atoms with Gasteiger partial charge in [-0.1, -0.05) is 112 Å². The topological polar surface area (TPSA) is 68.3 Å². The lowest BCUT2D eigenvalue weighted by Crippen LogP contribution is -2.75. The van der Waals surface area contributed by atoms with Crippen LogP contribution in [-0.4, -0.2) is 33.2 Å². The molecule has 0 N–H and O–H groups in total. The smallest absolute Gasteiger partial charge is 0.179 e. The Morgan fingerprint density at radius 1 is 0.405 bits per heavy atom. The molecule has 4 aromatic carbocycles. The van der Waals surface area contributed by atoms with Gasteiger partial charge < -0.3 is 0 Å². The largest absolute Gasteiger partial charge is 0.298 e. The second-order valence-electron chi connectivity index (χ2n) is 8.17. The zero-order valence-electron chi connectivity index (χ0n) is 18.9. The average molecular weight is 764 g/mol. The Morgan fingerprint density at radius 2 is 0.622 bits per heavy atom. The fraction of sp³-hybridized carbons (Fsp3) is 0. The third-order valence-electron chi connectivity index (χ3n) is 6.22. The quantitative estimate of drug-likeness (QED) is 0.138. The van der Waals surface area contributed by atoms with E-state index in [1.807, 2.05) is 72.8 Å². The van der Waals surface area contributed by atoms with Crippen molar-refractivity contribution in [1.82, 2.24) is 0 Å². The number of carbonyl (C=O) groups excluding carboxylic acids is 4. The molecule has 0 spiro atoms. The van der Waals surface area contributed by atoms with Gasteiger partial charge in [-0.15, -0.1) is 0 Å². The lowest BCUT2D eigenvalue weighted by atomic mass is 10.2. The molecule has 0 saturated heterocycles. The van der Waals surface area contributed by atoms with Crippen molar-refractivity contribution in [2.24, 2.45) is 0 Å². The first-order valence-electron chi connectivity index (χ1n) is 10.8. The van der Waals surface area contributed by atoms with Gasteiger partial charge in [-0.2, -0.15) is 0 Å². The van der Waals surface area contributed by atoms with Crippen LogP contribution in [0.25, 0.3) is 0 Å². The molecule has 9 heteroatoms. The molecule has 0 aliphatic heterocycles. The van der Waals surface area contributed by atoms with Crippen LogP contribution in [0.1, 0.15) is 41.4 Å². The zero-order valence-corrected chi connectivity index (χ0v) is 26.2. The first-order chi connectivity index (χ1) is 17.8. The third kappa shape index (κ3) is 5.07. The molecule has 0 amide bonds. The van der Waals surface area contributed by atoms with Gasteiger partial charge in [0.25, 0.3) is 0 Å². The molecule has 0 atom stereocenters. The maximum absolute atomic E-state index is 12.0. The molecule has 0 radical (unpaired) electrons. The lowest BCUT2D eigenvalue weighted by Gasteiger charge is -2.35. The van der Waals surface area contributed by atoms with Crippen molar-refractivity contribution in [2.45, 2.75) is 0 Å². The van der Waals surface area contributed by atoms with Crippen molar-refractivity contribution < 1.29 is 19.2 Å². The number of halogens is 4. The van der Waals surface area contributed by atoms with Crippen LogP contribution in [0.3, 0.4) is 0 Å². The van der Waals surface area contributed by atoms with Crippen molar-refractivity contribution in [3.05, 3.63) is 113 Å². The van der Waals surface area contributed by atoms with E-state index in [4.69, 9.17) is 0 Å². The van der Waals surface area contributed by atoms with Gasteiger partial charge >= 0.3 is 0 Å². The van der Waals surface area contributed by atoms with Gasteiger partial charge in [0.15, 0.2) is 33.2 Å². The first-order valence-corrected chi connectivity index (χ1v) is 16.0. The van der Waals surface area contributed by atoms with E-state index in [2.05, 4.69) is 63.7 Å². The molecule has 37 heavy (non-hydrogen) atoms. The Labute approximate surface area is 248 Å². The predicted octanol–water partition coefficient (Wildman–Crippen LogP) is 5.36. The van der Waals surface area contributed by atoms with Crippen LogP contribution < -0.4 is 20.7 Å². The van der Waals surface area contributed by atoms with E-state index in [1.54, 1.807) is 0 Å². The summed E-state index contributed by atoms with van der Waals surface area (Å²) in [5.41, 5.74) is 1.84. The highest BCUT2D eigenvalue weighted by Crippen LogP contribution is 2.22. The van der Waals surface area contributed by atoms with Gasteiger partial charge in [-0.3, -0.25) is 19.2 Å². The van der Waals surface area contributed by atoms with Gasteiger partial charge in [-0.25, -0.2) is 0 Å². The summed E-state index contributed by atoms with van der Waals surface area (Å²) < 4.78 is 2.58. The molecule has 4 rings (SSSR count). The molecular weight excluding hydrogens is 748 g/mol. The summed E-state index contributed by atoms with van der Waals surface area (Å²) >= 11 is 13.8. The molecule has 0 saturated carbocycles. The molecule has 0 fully saturated rings. The van der Waals surface area contributed by atoms with Crippen LogP contribution in [0, 0.1) is 0 Å². The molecule has 0 aromatic heterocycles. The number of aldehydes is 4. The van der Waals surface area contributed by atoms with Crippen LogP contribution >= 0.6 is 63.7 Å². The van der Waals surface area contributed by atoms with Crippen LogP contribution in [0.2, 0.25) is 0 Å². The second kappa shape index (κ2) is 11.6. The van der Waals surface area contributed by atoms with Gasteiger partial charge in [0.1, 0.15) is 0 Å². The Bertz CT molecular complexity index is 1330. The fourth-order valence-corrected chi connectivity index (χ4v) is 10.7. The van der Waals surface area contributed by atoms with E-state index >= 15 is 0 Å². The summed E-state index contributed by atoms with van der Waals surface area (Å²) in [6, 6.07) is 22.4. The third-order valence-corrected chi connectivity index (χ3v) is 13.8. The summed E-state index contributed by atoms with van der Waals surface area (Å²) in [6.07, 6.45) is 3.12. The molecule has 0 aliphatic rings. The van der Waals surface area contributed by atoms with Gasteiger partial charge in [0.05, 0.1) is 0 Å². The number of benzene rings is 4. The number of hydrogen-bond donors (Lipinski definition) is 0. The molecule has 4 aromatic rings. The maximum atomic E-state index is 12.0. The predicted molar refractivity (Wildman–Crippen MR) is 162 cm³/mol. The minimum atomic E-state index is -3.30. The summed E-state index contributed by atoms with van der Waals surface area (Å²) in [4.78, 5) is 47.9. The van der Waals surface area contributed by atoms with E-state index in [9.17, 15) is 19.2 Å². The van der Waals surface area contributed by atoms with Crippen molar-refractivity contribution >= 4 is 118 Å². The van der Waals surface area contributed by atoms with Gasteiger partial charge in [0, 0.05) is 40.1 Å².